The largest absolute Gasteiger partial charge is 0.498 e. The van der Waals surface area contributed by atoms with Crippen LogP contribution >= 0.6 is 0 Å². The Hall–Kier alpha value is -1.20. The maximum absolute atomic E-state index is 12.6. The van der Waals surface area contributed by atoms with Crippen LogP contribution in [0.25, 0.3) is 0 Å². The van der Waals surface area contributed by atoms with Gasteiger partial charge in [0.1, 0.15) is 5.76 Å². The van der Waals surface area contributed by atoms with E-state index < -0.39 is 17.6 Å². The standard InChI is InChI=1S/C12H16F3NO2/c1-7-9(18-2)11(16-10(7)17)5-3-8(4-6-11)12(13,14)15/h8H,3-6H2,1-2H3,(H,16,17). The van der Waals surface area contributed by atoms with Gasteiger partial charge >= 0.3 is 6.18 Å². The van der Waals surface area contributed by atoms with Crippen LogP contribution in [-0.4, -0.2) is 24.7 Å². The number of hydrogen-bond acceptors (Lipinski definition) is 2. The summed E-state index contributed by atoms with van der Waals surface area (Å²) >= 11 is 0. The Balaban J connectivity index is 2.16. The van der Waals surface area contributed by atoms with Crippen molar-refractivity contribution in [1.82, 2.24) is 5.32 Å². The predicted octanol–water partition coefficient (Wildman–Crippen LogP) is 2.53. The SMILES string of the molecule is COC1=C(C)C(=O)NC12CCC(C(F)(F)F)CC2. The molecule has 1 fully saturated rings. The lowest BCUT2D eigenvalue weighted by atomic mass is 9.75. The maximum atomic E-state index is 12.6. The maximum Gasteiger partial charge on any atom is 0.391 e. The zero-order valence-corrected chi connectivity index (χ0v) is 10.4. The zero-order valence-electron chi connectivity index (χ0n) is 10.4. The van der Waals surface area contributed by atoms with Crippen molar-refractivity contribution in [1.29, 1.82) is 0 Å². The van der Waals surface area contributed by atoms with E-state index in [0.717, 1.165) is 0 Å². The molecule has 0 saturated heterocycles. The van der Waals surface area contributed by atoms with E-state index in [1.54, 1.807) is 6.92 Å². The fourth-order valence-electron chi connectivity index (χ4n) is 2.97. The molecule has 1 aliphatic carbocycles. The smallest absolute Gasteiger partial charge is 0.391 e. The van der Waals surface area contributed by atoms with E-state index in [0.29, 0.717) is 11.3 Å². The Morgan fingerprint density at radius 3 is 2.33 bits per heavy atom. The van der Waals surface area contributed by atoms with Crippen molar-refractivity contribution >= 4 is 5.91 Å². The van der Waals surface area contributed by atoms with Crippen LogP contribution < -0.4 is 5.32 Å². The molecule has 6 heteroatoms. The van der Waals surface area contributed by atoms with Crippen molar-refractivity contribution in [2.75, 3.05) is 7.11 Å². The summed E-state index contributed by atoms with van der Waals surface area (Å²) in [6.45, 7) is 1.64. The molecule has 0 aromatic heterocycles. The minimum absolute atomic E-state index is 0.0317. The molecule has 3 nitrogen and oxygen atoms in total. The van der Waals surface area contributed by atoms with Crippen LogP contribution in [0.5, 0.6) is 0 Å². The minimum Gasteiger partial charge on any atom is -0.498 e. The highest BCUT2D eigenvalue weighted by atomic mass is 19.4. The van der Waals surface area contributed by atoms with Gasteiger partial charge in [0.15, 0.2) is 0 Å². The summed E-state index contributed by atoms with van der Waals surface area (Å²) in [6, 6.07) is 0. The predicted molar refractivity (Wildman–Crippen MR) is 58.6 cm³/mol. The molecule has 0 radical (unpaired) electrons. The molecule has 0 bridgehead atoms. The lowest BCUT2D eigenvalue weighted by molar-refractivity contribution is -0.185. The molecule has 1 aliphatic heterocycles. The van der Waals surface area contributed by atoms with Crippen molar-refractivity contribution < 1.29 is 22.7 Å². The number of ether oxygens (including phenoxy) is 1. The van der Waals surface area contributed by atoms with E-state index >= 15 is 0 Å². The molecule has 102 valence electrons. The van der Waals surface area contributed by atoms with Gasteiger partial charge in [0.25, 0.3) is 5.91 Å². The molecular weight excluding hydrogens is 247 g/mol. The Morgan fingerprint density at radius 2 is 1.89 bits per heavy atom. The highest BCUT2D eigenvalue weighted by Crippen LogP contribution is 2.46. The monoisotopic (exact) mass is 263 g/mol. The minimum atomic E-state index is -4.14. The van der Waals surface area contributed by atoms with Crippen LogP contribution in [0.2, 0.25) is 0 Å². The van der Waals surface area contributed by atoms with Gasteiger partial charge in [0, 0.05) is 0 Å². The van der Waals surface area contributed by atoms with Gasteiger partial charge in [-0.3, -0.25) is 4.79 Å². The Labute approximate surface area is 103 Å². The van der Waals surface area contributed by atoms with Crippen LogP contribution in [0, 0.1) is 5.92 Å². The molecule has 0 aromatic rings. The number of carbonyl (C=O) groups is 1. The number of carbonyl (C=O) groups excluding carboxylic acids is 1. The first-order valence-electron chi connectivity index (χ1n) is 5.95. The van der Waals surface area contributed by atoms with Crippen LogP contribution in [0.3, 0.4) is 0 Å². The van der Waals surface area contributed by atoms with Crippen LogP contribution in [0.15, 0.2) is 11.3 Å². The van der Waals surface area contributed by atoms with Gasteiger partial charge in [-0.15, -0.1) is 0 Å². The molecule has 2 rings (SSSR count). The van der Waals surface area contributed by atoms with E-state index in [-0.39, 0.29) is 31.6 Å². The van der Waals surface area contributed by atoms with E-state index in [1.807, 2.05) is 0 Å². The number of halogens is 3. The molecule has 0 unspecified atom stereocenters. The molecule has 18 heavy (non-hydrogen) atoms. The average Bonchev–Trinajstić information content (AvgIpc) is 2.50. The normalized spacial score (nSPS) is 32.9. The lowest BCUT2D eigenvalue weighted by Crippen LogP contribution is -2.49. The summed E-state index contributed by atoms with van der Waals surface area (Å²) in [5, 5.41) is 2.79. The number of alkyl halides is 3. The first-order valence-corrected chi connectivity index (χ1v) is 5.95. The molecule has 1 N–H and O–H groups in total. The molecule has 1 amide bonds. The third-order valence-electron chi connectivity index (χ3n) is 3.97. The summed E-state index contributed by atoms with van der Waals surface area (Å²) in [5.74, 6) is -0.996. The Bertz CT molecular complexity index is 393. The van der Waals surface area contributed by atoms with Gasteiger partial charge in [-0.1, -0.05) is 0 Å². The van der Waals surface area contributed by atoms with E-state index in [1.165, 1.54) is 7.11 Å². The van der Waals surface area contributed by atoms with Gasteiger partial charge in [-0.05, 0) is 32.6 Å². The van der Waals surface area contributed by atoms with Crippen molar-refractivity contribution in [3.8, 4) is 0 Å². The molecule has 0 atom stereocenters. The van der Waals surface area contributed by atoms with Gasteiger partial charge < -0.3 is 10.1 Å². The Kier molecular flexibility index (Phi) is 3.07. The average molecular weight is 263 g/mol. The van der Waals surface area contributed by atoms with Gasteiger partial charge in [-0.2, -0.15) is 13.2 Å². The number of amides is 1. The van der Waals surface area contributed by atoms with Crippen LogP contribution in [0.1, 0.15) is 32.6 Å². The third-order valence-corrected chi connectivity index (χ3v) is 3.97. The fourth-order valence-corrected chi connectivity index (χ4v) is 2.97. The molecule has 1 spiro atoms. The van der Waals surface area contributed by atoms with E-state index in [2.05, 4.69) is 5.32 Å². The number of methoxy groups -OCH3 is 1. The summed E-state index contributed by atoms with van der Waals surface area (Å²) in [4.78, 5) is 11.6. The van der Waals surface area contributed by atoms with Gasteiger partial charge in [0.2, 0.25) is 0 Å². The topological polar surface area (TPSA) is 38.3 Å². The van der Waals surface area contributed by atoms with E-state index in [4.69, 9.17) is 4.74 Å². The summed E-state index contributed by atoms with van der Waals surface area (Å²) in [6.07, 6.45) is -3.52. The summed E-state index contributed by atoms with van der Waals surface area (Å²) in [7, 11) is 1.46. The van der Waals surface area contributed by atoms with Crippen molar-refractivity contribution in [2.24, 2.45) is 5.92 Å². The quantitative estimate of drug-likeness (QED) is 0.789. The van der Waals surface area contributed by atoms with Crippen LogP contribution in [0.4, 0.5) is 13.2 Å². The fraction of sp³-hybridized carbons (Fsp3) is 0.750. The van der Waals surface area contributed by atoms with Gasteiger partial charge in [0.05, 0.1) is 24.1 Å². The molecule has 2 aliphatic rings. The van der Waals surface area contributed by atoms with Crippen molar-refractivity contribution in [3.63, 3.8) is 0 Å². The second-order valence-corrected chi connectivity index (χ2v) is 5.01. The molecule has 1 heterocycles. The first-order chi connectivity index (χ1) is 8.30. The van der Waals surface area contributed by atoms with E-state index in [9.17, 15) is 18.0 Å². The summed E-state index contributed by atoms with van der Waals surface area (Å²) in [5.41, 5.74) is -0.236. The zero-order chi connectivity index (χ0) is 13.6. The number of nitrogens with one attached hydrogen (secondary N) is 1. The second kappa shape index (κ2) is 4.17. The Morgan fingerprint density at radius 1 is 1.33 bits per heavy atom. The van der Waals surface area contributed by atoms with Gasteiger partial charge in [-0.25, -0.2) is 0 Å². The number of hydrogen-bond donors (Lipinski definition) is 1. The molecular formula is C12H16F3NO2. The highest BCUT2D eigenvalue weighted by molar-refractivity contribution is 5.97. The summed E-state index contributed by atoms with van der Waals surface area (Å²) < 4.78 is 43.1. The molecule has 0 aromatic carbocycles. The highest BCUT2D eigenvalue weighted by Gasteiger charge is 2.51. The second-order valence-electron chi connectivity index (χ2n) is 5.01. The lowest BCUT2D eigenvalue weighted by Gasteiger charge is -2.38. The first kappa shape index (κ1) is 13.2. The van der Waals surface area contributed by atoms with Crippen molar-refractivity contribution in [3.05, 3.63) is 11.3 Å². The van der Waals surface area contributed by atoms with Crippen molar-refractivity contribution in [2.45, 2.75) is 44.3 Å². The molecule has 1 saturated carbocycles. The third kappa shape index (κ3) is 1.97. The van der Waals surface area contributed by atoms with Crippen LogP contribution in [-0.2, 0) is 9.53 Å². The number of rotatable bonds is 1.